The largest absolute Gasteiger partial charge is 0.474 e. The van der Waals surface area contributed by atoms with Crippen molar-refractivity contribution in [2.45, 2.75) is 25.4 Å². The highest BCUT2D eigenvalue weighted by molar-refractivity contribution is 6.31. The average molecular weight is 172 g/mol. The van der Waals surface area contributed by atoms with E-state index in [0.717, 1.165) is 25.8 Å². The summed E-state index contributed by atoms with van der Waals surface area (Å²) in [5.41, 5.74) is 0. The second kappa shape index (κ2) is 4.06. The Morgan fingerprint density at radius 1 is 1.42 bits per heavy atom. The van der Waals surface area contributed by atoms with E-state index in [2.05, 4.69) is 10.6 Å². The number of piperidine rings is 1. The first-order valence-electron chi connectivity index (χ1n) is 3.97. The minimum Gasteiger partial charge on any atom is -0.474 e. The lowest BCUT2D eigenvalue weighted by atomic mass is 10.1. The van der Waals surface area contributed by atoms with Crippen molar-refractivity contribution in [3.8, 4) is 0 Å². The standard InChI is InChI=1S/C7H12N2O3/c10-6(7(11)12)9-5-3-1-2-4-8-5/h5,8H,1-4H2,(H,9,10)(H,11,12). The van der Waals surface area contributed by atoms with Crippen molar-refractivity contribution < 1.29 is 14.7 Å². The molecule has 12 heavy (non-hydrogen) atoms. The number of nitrogens with one attached hydrogen (secondary N) is 2. The third-order valence-electron chi connectivity index (χ3n) is 1.81. The van der Waals surface area contributed by atoms with Crippen LogP contribution in [-0.4, -0.2) is 29.7 Å². The summed E-state index contributed by atoms with van der Waals surface area (Å²) >= 11 is 0. The fourth-order valence-electron chi connectivity index (χ4n) is 1.19. The normalized spacial score (nSPS) is 23.2. The maximum Gasteiger partial charge on any atom is 0.394 e. The van der Waals surface area contributed by atoms with Gasteiger partial charge in [-0.2, -0.15) is 0 Å². The number of carbonyl (C=O) groups is 2. The van der Waals surface area contributed by atoms with Crippen LogP contribution in [0.2, 0.25) is 0 Å². The van der Waals surface area contributed by atoms with Gasteiger partial charge >= 0.3 is 11.9 Å². The van der Waals surface area contributed by atoms with Gasteiger partial charge in [-0.25, -0.2) is 4.79 Å². The van der Waals surface area contributed by atoms with Crippen LogP contribution >= 0.6 is 0 Å². The fraction of sp³-hybridized carbons (Fsp3) is 0.714. The molecular weight excluding hydrogens is 160 g/mol. The van der Waals surface area contributed by atoms with Gasteiger partial charge in [-0.05, 0) is 25.8 Å². The predicted octanol–water partition coefficient (Wildman–Crippen LogP) is -0.713. The molecule has 1 fully saturated rings. The number of carboxylic acids is 1. The van der Waals surface area contributed by atoms with Gasteiger partial charge in [0.2, 0.25) is 0 Å². The molecule has 68 valence electrons. The lowest BCUT2D eigenvalue weighted by molar-refractivity contribution is -0.150. The van der Waals surface area contributed by atoms with Crippen LogP contribution in [0, 0.1) is 0 Å². The van der Waals surface area contributed by atoms with E-state index in [1.165, 1.54) is 0 Å². The smallest absolute Gasteiger partial charge is 0.394 e. The summed E-state index contributed by atoms with van der Waals surface area (Å²) in [6.07, 6.45) is 2.75. The Hall–Kier alpha value is -1.10. The van der Waals surface area contributed by atoms with Gasteiger partial charge in [0.1, 0.15) is 0 Å². The summed E-state index contributed by atoms with van der Waals surface area (Å²) in [5.74, 6) is -2.36. The van der Waals surface area contributed by atoms with E-state index in [4.69, 9.17) is 5.11 Å². The van der Waals surface area contributed by atoms with Crippen LogP contribution in [0.4, 0.5) is 0 Å². The van der Waals surface area contributed by atoms with Gasteiger partial charge in [0.15, 0.2) is 0 Å². The van der Waals surface area contributed by atoms with Gasteiger partial charge in [0, 0.05) is 0 Å². The summed E-state index contributed by atoms with van der Waals surface area (Å²) in [7, 11) is 0. The summed E-state index contributed by atoms with van der Waals surface area (Å²) in [4.78, 5) is 20.8. The number of rotatable bonds is 1. The van der Waals surface area contributed by atoms with Crippen LogP contribution in [0.15, 0.2) is 0 Å². The summed E-state index contributed by atoms with van der Waals surface area (Å²) in [6.45, 7) is 0.838. The summed E-state index contributed by atoms with van der Waals surface area (Å²) in [6, 6.07) is 0. The van der Waals surface area contributed by atoms with Crippen LogP contribution in [0.5, 0.6) is 0 Å². The Morgan fingerprint density at radius 3 is 2.67 bits per heavy atom. The lowest BCUT2D eigenvalue weighted by Crippen LogP contribution is -2.49. The molecule has 3 N–H and O–H groups in total. The van der Waals surface area contributed by atoms with Crippen molar-refractivity contribution in [1.82, 2.24) is 10.6 Å². The topological polar surface area (TPSA) is 78.4 Å². The SMILES string of the molecule is O=C(O)C(=O)NC1CCCCN1. The molecule has 1 unspecified atom stereocenters. The Bertz CT molecular complexity index is 187. The summed E-state index contributed by atoms with van der Waals surface area (Å²) < 4.78 is 0. The van der Waals surface area contributed by atoms with Crippen molar-refractivity contribution in [1.29, 1.82) is 0 Å². The third-order valence-corrected chi connectivity index (χ3v) is 1.81. The van der Waals surface area contributed by atoms with Gasteiger partial charge in [-0.15, -0.1) is 0 Å². The van der Waals surface area contributed by atoms with Crippen LogP contribution in [0.1, 0.15) is 19.3 Å². The zero-order chi connectivity index (χ0) is 8.97. The first-order chi connectivity index (χ1) is 5.70. The van der Waals surface area contributed by atoms with Gasteiger partial charge in [-0.1, -0.05) is 0 Å². The van der Waals surface area contributed by atoms with Crippen molar-refractivity contribution in [3.05, 3.63) is 0 Å². The van der Waals surface area contributed by atoms with E-state index in [0.29, 0.717) is 0 Å². The number of aliphatic carboxylic acids is 1. The predicted molar refractivity (Wildman–Crippen MR) is 41.4 cm³/mol. The first kappa shape index (κ1) is 8.99. The van der Waals surface area contributed by atoms with Gasteiger partial charge in [0.05, 0.1) is 6.17 Å². The zero-order valence-electron chi connectivity index (χ0n) is 6.67. The third kappa shape index (κ3) is 2.50. The maximum absolute atomic E-state index is 10.7. The average Bonchev–Trinajstić information content (AvgIpc) is 2.06. The molecule has 0 spiro atoms. The number of carbonyl (C=O) groups excluding carboxylic acids is 1. The molecule has 0 radical (unpaired) electrons. The van der Waals surface area contributed by atoms with Crippen LogP contribution in [0.3, 0.4) is 0 Å². The van der Waals surface area contributed by atoms with Crippen molar-refractivity contribution in [2.75, 3.05) is 6.54 Å². The number of amides is 1. The molecule has 0 aromatic carbocycles. The molecule has 0 aliphatic carbocycles. The van der Waals surface area contributed by atoms with Gasteiger partial charge in [0.25, 0.3) is 0 Å². The minimum atomic E-state index is -1.43. The molecular formula is C7H12N2O3. The molecule has 0 aromatic rings. The molecule has 1 aliphatic rings. The number of carboxylic acid groups (broad SMARTS) is 1. The maximum atomic E-state index is 10.7. The first-order valence-corrected chi connectivity index (χ1v) is 3.97. The molecule has 1 aliphatic heterocycles. The quantitative estimate of drug-likeness (QED) is 0.456. The molecule has 0 aromatic heterocycles. The Labute approximate surface area is 70.1 Å². The van der Waals surface area contributed by atoms with E-state index < -0.39 is 11.9 Å². The second-order valence-electron chi connectivity index (χ2n) is 2.78. The molecule has 5 heteroatoms. The molecule has 1 heterocycles. The van der Waals surface area contributed by atoms with E-state index in [1.54, 1.807) is 0 Å². The molecule has 1 amide bonds. The molecule has 0 saturated carbocycles. The second-order valence-corrected chi connectivity index (χ2v) is 2.78. The molecule has 0 bridgehead atoms. The number of hydrogen-bond acceptors (Lipinski definition) is 3. The highest BCUT2D eigenvalue weighted by Crippen LogP contribution is 2.03. The van der Waals surface area contributed by atoms with E-state index in [9.17, 15) is 9.59 Å². The van der Waals surface area contributed by atoms with E-state index >= 15 is 0 Å². The van der Waals surface area contributed by atoms with Crippen molar-refractivity contribution in [2.24, 2.45) is 0 Å². The zero-order valence-corrected chi connectivity index (χ0v) is 6.67. The molecule has 5 nitrogen and oxygen atoms in total. The molecule has 1 rings (SSSR count). The van der Waals surface area contributed by atoms with Crippen LogP contribution < -0.4 is 10.6 Å². The monoisotopic (exact) mass is 172 g/mol. The molecule has 1 saturated heterocycles. The summed E-state index contributed by atoms with van der Waals surface area (Å²) in [5, 5.41) is 13.7. The highest BCUT2D eigenvalue weighted by atomic mass is 16.4. The van der Waals surface area contributed by atoms with E-state index in [1.807, 2.05) is 0 Å². The fourth-order valence-corrected chi connectivity index (χ4v) is 1.19. The Balaban J connectivity index is 2.29. The lowest BCUT2D eigenvalue weighted by Gasteiger charge is -2.23. The van der Waals surface area contributed by atoms with Gasteiger partial charge in [-0.3, -0.25) is 10.1 Å². The minimum absolute atomic E-state index is 0.164. The van der Waals surface area contributed by atoms with E-state index in [-0.39, 0.29) is 6.17 Å². The Kier molecular flexibility index (Phi) is 3.04. The Morgan fingerprint density at radius 2 is 2.17 bits per heavy atom. The van der Waals surface area contributed by atoms with Crippen LogP contribution in [-0.2, 0) is 9.59 Å². The van der Waals surface area contributed by atoms with Crippen molar-refractivity contribution >= 4 is 11.9 Å². The van der Waals surface area contributed by atoms with Gasteiger partial charge < -0.3 is 10.4 Å². The van der Waals surface area contributed by atoms with Crippen LogP contribution in [0.25, 0.3) is 0 Å². The van der Waals surface area contributed by atoms with Crippen molar-refractivity contribution in [3.63, 3.8) is 0 Å². The number of hydrogen-bond donors (Lipinski definition) is 3. The molecule has 1 atom stereocenters. The highest BCUT2D eigenvalue weighted by Gasteiger charge is 2.18.